The number of hydrogen-bond acceptors (Lipinski definition) is 4. The molecule has 0 amide bonds. The highest BCUT2D eigenvalue weighted by Gasteiger charge is 2.16. The molecule has 5 nitrogen and oxygen atoms in total. The molecule has 21 heavy (non-hydrogen) atoms. The molecular weight excluding hydrogens is 312 g/mol. The topological polar surface area (TPSA) is 67.4 Å². The molecule has 120 valence electrons. The Morgan fingerprint density at radius 2 is 1.95 bits per heavy atom. The Morgan fingerprint density at radius 1 is 1.29 bits per heavy atom. The average Bonchev–Trinajstić information content (AvgIpc) is 2.43. The lowest BCUT2D eigenvalue weighted by Gasteiger charge is -2.14. The van der Waals surface area contributed by atoms with Crippen LogP contribution in [0.3, 0.4) is 0 Å². The summed E-state index contributed by atoms with van der Waals surface area (Å²) < 4.78 is 32.0. The third-order valence-corrected chi connectivity index (χ3v) is 4.78. The van der Waals surface area contributed by atoms with E-state index in [1.807, 2.05) is 13.8 Å². The highest BCUT2D eigenvalue weighted by molar-refractivity contribution is 7.89. The lowest BCUT2D eigenvalue weighted by atomic mass is 10.2. The monoisotopic (exact) mass is 334 g/mol. The van der Waals surface area contributed by atoms with Gasteiger partial charge >= 0.3 is 0 Å². The van der Waals surface area contributed by atoms with E-state index in [-0.39, 0.29) is 17.5 Å². The van der Waals surface area contributed by atoms with Gasteiger partial charge in [-0.1, -0.05) is 25.4 Å². The van der Waals surface area contributed by atoms with Crippen LogP contribution in [-0.2, 0) is 21.3 Å². The van der Waals surface area contributed by atoms with Crippen LogP contribution in [0.15, 0.2) is 23.1 Å². The molecule has 0 aliphatic heterocycles. The van der Waals surface area contributed by atoms with Gasteiger partial charge in [0.1, 0.15) is 0 Å². The molecule has 1 atom stereocenters. The first-order valence-corrected chi connectivity index (χ1v) is 8.66. The van der Waals surface area contributed by atoms with Crippen LogP contribution >= 0.6 is 11.6 Å². The fourth-order valence-corrected chi connectivity index (χ4v) is 2.91. The first kappa shape index (κ1) is 18.4. The van der Waals surface area contributed by atoms with Gasteiger partial charge in [0, 0.05) is 31.3 Å². The fourth-order valence-electron chi connectivity index (χ4n) is 1.56. The van der Waals surface area contributed by atoms with Crippen molar-refractivity contribution < 1.29 is 13.2 Å². The number of methoxy groups -OCH3 is 1. The van der Waals surface area contributed by atoms with Gasteiger partial charge < -0.3 is 10.1 Å². The van der Waals surface area contributed by atoms with E-state index in [0.29, 0.717) is 17.6 Å². The SMILES string of the molecule is COC(C)CNS(=O)(=O)c1ccc(Cl)c(CNC(C)C)c1. The largest absolute Gasteiger partial charge is 0.380 e. The summed E-state index contributed by atoms with van der Waals surface area (Å²) in [5, 5.41) is 3.77. The molecule has 0 fully saturated rings. The molecule has 0 aliphatic rings. The summed E-state index contributed by atoms with van der Waals surface area (Å²) >= 11 is 6.10. The van der Waals surface area contributed by atoms with Gasteiger partial charge in [0.2, 0.25) is 10.0 Å². The van der Waals surface area contributed by atoms with Crippen LogP contribution in [-0.4, -0.2) is 34.2 Å². The molecule has 0 aliphatic carbocycles. The zero-order valence-corrected chi connectivity index (χ0v) is 14.4. The van der Waals surface area contributed by atoms with Crippen LogP contribution in [0.5, 0.6) is 0 Å². The molecule has 0 radical (unpaired) electrons. The van der Waals surface area contributed by atoms with Gasteiger partial charge in [-0.15, -0.1) is 0 Å². The normalized spacial score (nSPS) is 13.6. The van der Waals surface area contributed by atoms with Crippen LogP contribution < -0.4 is 10.0 Å². The molecule has 1 aromatic carbocycles. The highest BCUT2D eigenvalue weighted by Crippen LogP contribution is 2.20. The Bertz CT molecular complexity index is 561. The van der Waals surface area contributed by atoms with Crippen LogP contribution in [0.4, 0.5) is 0 Å². The maximum atomic E-state index is 12.2. The van der Waals surface area contributed by atoms with Gasteiger partial charge in [0.15, 0.2) is 0 Å². The van der Waals surface area contributed by atoms with Crippen LogP contribution in [0.1, 0.15) is 26.3 Å². The molecule has 1 unspecified atom stereocenters. The molecule has 7 heteroatoms. The molecular formula is C14H23ClN2O3S. The van der Waals surface area contributed by atoms with Crippen LogP contribution in [0, 0.1) is 0 Å². The van der Waals surface area contributed by atoms with Crippen molar-refractivity contribution in [1.29, 1.82) is 0 Å². The number of nitrogens with one attached hydrogen (secondary N) is 2. The standard InChI is InChI=1S/C14H23ClN2O3S/c1-10(2)16-9-12-7-13(5-6-14(12)15)21(18,19)17-8-11(3)20-4/h5-7,10-11,16-17H,8-9H2,1-4H3. The Labute approximate surface area is 132 Å². The summed E-state index contributed by atoms with van der Waals surface area (Å²) in [6.07, 6.45) is -0.186. The Balaban J connectivity index is 2.89. The minimum absolute atomic E-state index is 0.186. The van der Waals surface area contributed by atoms with Crippen molar-refractivity contribution in [2.75, 3.05) is 13.7 Å². The van der Waals surface area contributed by atoms with E-state index in [9.17, 15) is 8.42 Å². The zero-order chi connectivity index (χ0) is 16.0. The molecule has 0 heterocycles. The molecule has 0 aromatic heterocycles. The fraction of sp³-hybridized carbons (Fsp3) is 0.571. The quantitative estimate of drug-likeness (QED) is 0.764. The van der Waals surface area contributed by atoms with E-state index in [0.717, 1.165) is 5.56 Å². The molecule has 0 saturated heterocycles. The van der Waals surface area contributed by atoms with Gasteiger partial charge in [-0.3, -0.25) is 0 Å². The van der Waals surface area contributed by atoms with Gasteiger partial charge in [-0.05, 0) is 30.7 Å². The molecule has 1 aromatic rings. The molecule has 0 bridgehead atoms. The number of ether oxygens (including phenoxy) is 1. The van der Waals surface area contributed by atoms with E-state index in [2.05, 4.69) is 10.0 Å². The maximum absolute atomic E-state index is 12.2. The molecule has 0 saturated carbocycles. The zero-order valence-electron chi connectivity index (χ0n) is 12.8. The Hall–Kier alpha value is -0.660. The molecule has 2 N–H and O–H groups in total. The summed E-state index contributed by atoms with van der Waals surface area (Å²) in [6, 6.07) is 4.99. The lowest BCUT2D eigenvalue weighted by molar-refractivity contribution is 0.122. The van der Waals surface area contributed by atoms with Crippen LogP contribution in [0.25, 0.3) is 0 Å². The van der Waals surface area contributed by atoms with E-state index in [4.69, 9.17) is 16.3 Å². The second-order valence-electron chi connectivity index (χ2n) is 5.19. The smallest absolute Gasteiger partial charge is 0.240 e. The van der Waals surface area contributed by atoms with Gasteiger partial charge in [-0.2, -0.15) is 0 Å². The van der Waals surface area contributed by atoms with E-state index < -0.39 is 10.0 Å². The van der Waals surface area contributed by atoms with Gasteiger partial charge in [-0.25, -0.2) is 13.1 Å². The van der Waals surface area contributed by atoms with Crippen molar-refractivity contribution in [1.82, 2.24) is 10.0 Å². The van der Waals surface area contributed by atoms with Crippen molar-refractivity contribution >= 4 is 21.6 Å². The van der Waals surface area contributed by atoms with Crippen molar-refractivity contribution in [2.24, 2.45) is 0 Å². The first-order chi connectivity index (χ1) is 9.76. The summed E-state index contributed by atoms with van der Waals surface area (Å²) in [4.78, 5) is 0.204. The third kappa shape index (κ3) is 5.92. The average molecular weight is 335 g/mol. The summed E-state index contributed by atoms with van der Waals surface area (Å²) in [5.41, 5.74) is 0.757. The summed E-state index contributed by atoms with van der Waals surface area (Å²) in [6.45, 7) is 6.57. The van der Waals surface area contributed by atoms with Crippen molar-refractivity contribution in [3.63, 3.8) is 0 Å². The molecule has 0 spiro atoms. The maximum Gasteiger partial charge on any atom is 0.240 e. The van der Waals surface area contributed by atoms with Crippen molar-refractivity contribution in [3.8, 4) is 0 Å². The number of halogens is 1. The van der Waals surface area contributed by atoms with Gasteiger partial charge in [0.05, 0.1) is 11.0 Å². The van der Waals surface area contributed by atoms with E-state index >= 15 is 0 Å². The van der Waals surface area contributed by atoms with E-state index in [1.165, 1.54) is 13.2 Å². The summed E-state index contributed by atoms with van der Waals surface area (Å²) in [5.74, 6) is 0. The highest BCUT2D eigenvalue weighted by atomic mass is 35.5. The Kier molecular flexibility index (Phi) is 7.09. The van der Waals surface area contributed by atoms with Gasteiger partial charge in [0.25, 0.3) is 0 Å². The lowest BCUT2D eigenvalue weighted by Crippen LogP contribution is -2.31. The predicted octanol–water partition coefficient (Wildman–Crippen LogP) is 2.15. The third-order valence-electron chi connectivity index (χ3n) is 2.99. The number of rotatable bonds is 8. The minimum atomic E-state index is -3.56. The first-order valence-electron chi connectivity index (χ1n) is 6.80. The molecule has 1 rings (SSSR count). The van der Waals surface area contributed by atoms with Crippen LogP contribution in [0.2, 0.25) is 5.02 Å². The predicted molar refractivity (Wildman–Crippen MR) is 85.1 cm³/mol. The number of benzene rings is 1. The van der Waals surface area contributed by atoms with Crippen molar-refractivity contribution in [2.45, 2.75) is 44.4 Å². The minimum Gasteiger partial charge on any atom is -0.380 e. The summed E-state index contributed by atoms with van der Waals surface area (Å²) in [7, 11) is -2.02. The number of sulfonamides is 1. The second kappa shape index (κ2) is 8.10. The second-order valence-corrected chi connectivity index (χ2v) is 7.36. The van der Waals surface area contributed by atoms with E-state index in [1.54, 1.807) is 19.1 Å². The Morgan fingerprint density at radius 3 is 2.52 bits per heavy atom. The van der Waals surface area contributed by atoms with Crippen molar-refractivity contribution in [3.05, 3.63) is 28.8 Å². The number of hydrogen-bond donors (Lipinski definition) is 2.